The van der Waals surface area contributed by atoms with Crippen LogP contribution in [0, 0.1) is 11.3 Å². The summed E-state index contributed by atoms with van der Waals surface area (Å²) in [5, 5.41) is 22.5. The van der Waals surface area contributed by atoms with Crippen molar-refractivity contribution < 1.29 is 19.7 Å². The Hall–Kier alpha value is -0.950. The van der Waals surface area contributed by atoms with Crippen molar-refractivity contribution in [2.45, 2.75) is 87.6 Å². The molecule has 7 rings (SSSR count). The van der Waals surface area contributed by atoms with Crippen LogP contribution >= 0.6 is 13.5 Å². The van der Waals surface area contributed by atoms with E-state index in [2.05, 4.69) is 24.9 Å². The minimum atomic E-state index is -0.798. The van der Waals surface area contributed by atoms with Crippen molar-refractivity contribution in [2.75, 3.05) is 20.7 Å². The Labute approximate surface area is 192 Å². The van der Waals surface area contributed by atoms with Gasteiger partial charge in [-0.3, -0.25) is 0 Å². The molecule has 2 aliphatic heterocycles. The maximum absolute atomic E-state index is 11.7. The smallest absolute Gasteiger partial charge is 0.165 e. The second-order valence-electron chi connectivity index (χ2n) is 11.0. The number of likely N-dealkylation sites (N-methyl/N-ethyl adjacent to an activating group) is 1. The van der Waals surface area contributed by atoms with Crippen molar-refractivity contribution in [3.05, 3.63) is 23.3 Å². The minimum Gasteiger partial charge on any atom is -0.504 e. The zero-order valence-corrected chi connectivity index (χ0v) is 20.2. The molecule has 6 heteroatoms. The fourth-order valence-electron chi connectivity index (χ4n) is 9.09. The summed E-state index contributed by atoms with van der Waals surface area (Å²) in [5.74, 6) is 0.977. The molecule has 1 aromatic rings. The number of aliphatic hydroxyl groups is 1. The summed E-state index contributed by atoms with van der Waals surface area (Å²) >= 11 is 0. The molecule has 2 heterocycles. The Kier molecular flexibility index (Phi) is 4.63. The highest BCUT2D eigenvalue weighted by molar-refractivity contribution is 7.59. The lowest BCUT2D eigenvalue weighted by Gasteiger charge is -2.74. The molecule has 2 N–H and O–H groups in total. The Bertz CT molecular complexity index is 921. The van der Waals surface area contributed by atoms with E-state index < -0.39 is 11.2 Å². The zero-order valence-electron chi connectivity index (χ0n) is 19.2. The highest BCUT2D eigenvalue weighted by Crippen LogP contribution is 2.77. The molecule has 4 bridgehead atoms. The van der Waals surface area contributed by atoms with Crippen LogP contribution < -0.4 is 4.74 Å². The molecule has 6 aliphatic rings. The number of rotatable bonds is 4. The van der Waals surface area contributed by atoms with Gasteiger partial charge in [0, 0.05) is 35.5 Å². The summed E-state index contributed by atoms with van der Waals surface area (Å²) in [5.41, 5.74) is 1.21. The molecular weight excluding hydrogens is 410 g/mol. The van der Waals surface area contributed by atoms with Gasteiger partial charge in [-0.05, 0) is 70.7 Å². The number of methoxy groups -OCH3 is 1. The van der Waals surface area contributed by atoms with E-state index in [-0.39, 0.29) is 42.1 Å². The van der Waals surface area contributed by atoms with E-state index in [1.807, 2.05) is 20.1 Å². The number of fused-ring (bicyclic) bond motifs is 2. The van der Waals surface area contributed by atoms with Crippen LogP contribution in [0.1, 0.15) is 63.5 Å². The van der Waals surface area contributed by atoms with Gasteiger partial charge in [-0.15, -0.1) is 0 Å². The summed E-state index contributed by atoms with van der Waals surface area (Å²) in [4.78, 5) is 2.56. The third-order valence-electron chi connectivity index (χ3n) is 10.1. The molecule has 1 aromatic carbocycles. The number of ether oxygens (including phenoxy) is 2. The van der Waals surface area contributed by atoms with E-state index in [0.29, 0.717) is 11.8 Å². The molecule has 4 fully saturated rings. The number of phenols is 1. The van der Waals surface area contributed by atoms with Crippen LogP contribution in [-0.2, 0) is 16.6 Å². The molecule has 172 valence electrons. The van der Waals surface area contributed by atoms with Gasteiger partial charge in [-0.1, -0.05) is 19.4 Å². The SMILES string of the molecule is CCC[C@](C)(O)[C@H]1C[C@@]23CC[C@]1(OC)[C@@H]1Oc4c(O)ccc5c4[C@@]12CCN(C)[C@@H]3C5.S. The Morgan fingerprint density at radius 1 is 1.29 bits per heavy atom. The lowest BCUT2D eigenvalue weighted by atomic mass is 9.33. The Morgan fingerprint density at radius 3 is 2.77 bits per heavy atom. The van der Waals surface area contributed by atoms with Crippen LogP contribution in [0.2, 0.25) is 0 Å². The van der Waals surface area contributed by atoms with Gasteiger partial charge in [-0.2, -0.15) is 13.5 Å². The normalized spacial score (nSPS) is 43.6. The number of likely N-dealkylation sites (tertiary alicyclic amines) is 1. The van der Waals surface area contributed by atoms with Crippen molar-refractivity contribution in [3.8, 4) is 11.5 Å². The van der Waals surface area contributed by atoms with Gasteiger partial charge in [-0.25, -0.2) is 0 Å². The molecule has 2 spiro atoms. The van der Waals surface area contributed by atoms with Gasteiger partial charge < -0.3 is 24.6 Å². The predicted octanol–water partition coefficient (Wildman–Crippen LogP) is 3.50. The van der Waals surface area contributed by atoms with Crippen LogP contribution in [0.25, 0.3) is 0 Å². The zero-order chi connectivity index (χ0) is 21.1. The second-order valence-corrected chi connectivity index (χ2v) is 11.0. The van der Waals surface area contributed by atoms with Gasteiger partial charge in [0.15, 0.2) is 11.5 Å². The van der Waals surface area contributed by atoms with Crippen molar-refractivity contribution in [1.29, 1.82) is 0 Å². The maximum atomic E-state index is 11.7. The largest absolute Gasteiger partial charge is 0.504 e. The van der Waals surface area contributed by atoms with Gasteiger partial charge in [0.2, 0.25) is 0 Å². The monoisotopic (exact) mass is 447 g/mol. The highest BCUT2D eigenvalue weighted by Gasteiger charge is 2.81. The molecule has 0 radical (unpaired) electrons. The van der Waals surface area contributed by atoms with Crippen molar-refractivity contribution >= 4 is 13.5 Å². The second kappa shape index (κ2) is 6.55. The maximum Gasteiger partial charge on any atom is 0.165 e. The van der Waals surface area contributed by atoms with Crippen LogP contribution in [0.3, 0.4) is 0 Å². The third kappa shape index (κ3) is 2.21. The lowest BCUT2D eigenvalue weighted by molar-refractivity contribution is -0.301. The molecule has 0 amide bonds. The number of nitrogens with zero attached hydrogens (tertiary/aromatic N) is 1. The lowest BCUT2D eigenvalue weighted by Crippen LogP contribution is -2.82. The van der Waals surface area contributed by atoms with Crippen LogP contribution in [0.15, 0.2) is 12.1 Å². The average Bonchev–Trinajstić information content (AvgIpc) is 3.09. The first-order valence-corrected chi connectivity index (χ1v) is 11.8. The van der Waals surface area contributed by atoms with E-state index >= 15 is 0 Å². The summed E-state index contributed by atoms with van der Waals surface area (Å²) in [7, 11) is 4.09. The van der Waals surface area contributed by atoms with Crippen LogP contribution in [-0.4, -0.2) is 59.2 Å². The van der Waals surface area contributed by atoms with Gasteiger partial charge in [0.25, 0.3) is 0 Å². The van der Waals surface area contributed by atoms with E-state index in [1.165, 1.54) is 11.1 Å². The van der Waals surface area contributed by atoms with Crippen molar-refractivity contribution in [1.82, 2.24) is 4.90 Å². The van der Waals surface area contributed by atoms with E-state index in [4.69, 9.17) is 9.47 Å². The van der Waals surface area contributed by atoms with Gasteiger partial charge >= 0.3 is 0 Å². The van der Waals surface area contributed by atoms with E-state index in [0.717, 1.165) is 51.5 Å². The Balaban J connectivity index is 0.00000204. The number of hydrogen-bond donors (Lipinski definition) is 2. The standard InChI is InChI=1S/C25H35NO4.H2S/c1-5-8-22(2,28)17-14-23-9-10-25(17,29-4)21-24(23)11-12-26(3)18(23)13-15-6-7-16(27)20(30-21)19(15)24;/h6-7,17-18,21,27-28H,5,8-14H2,1-4H3;1H2/t17-,18-,21-,22+,23-,24+,25-;/m1./s1. The molecule has 31 heavy (non-hydrogen) atoms. The first kappa shape index (κ1) is 21.9. The van der Waals surface area contributed by atoms with Gasteiger partial charge in [0.1, 0.15) is 11.7 Å². The predicted molar refractivity (Wildman–Crippen MR) is 124 cm³/mol. The third-order valence-corrected chi connectivity index (χ3v) is 10.1. The fourth-order valence-corrected chi connectivity index (χ4v) is 9.09. The quantitative estimate of drug-likeness (QED) is 0.740. The summed E-state index contributed by atoms with van der Waals surface area (Å²) < 4.78 is 13.2. The summed E-state index contributed by atoms with van der Waals surface area (Å²) in [6, 6.07) is 4.37. The van der Waals surface area contributed by atoms with Crippen molar-refractivity contribution in [2.24, 2.45) is 11.3 Å². The minimum absolute atomic E-state index is 0. The summed E-state index contributed by atoms with van der Waals surface area (Å²) in [6.45, 7) is 5.19. The first-order chi connectivity index (χ1) is 14.3. The number of piperidine rings is 1. The molecule has 3 saturated carbocycles. The topological polar surface area (TPSA) is 62.2 Å². The fraction of sp³-hybridized carbons (Fsp3) is 0.760. The number of hydrogen-bond acceptors (Lipinski definition) is 5. The van der Waals surface area contributed by atoms with Crippen molar-refractivity contribution in [3.63, 3.8) is 0 Å². The van der Waals surface area contributed by atoms with Crippen LogP contribution in [0.4, 0.5) is 0 Å². The molecule has 7 atom stereocenters. The molecular formula is C25H37NO4S. The average molecular weight is 448 g/mol. The molecule has 5 nitrogen and oxygen atoms in total. The Morgan fingerprint density at radius 2 is 2.06 bits per heavy atom. The van der Waals surface area contributed by atoms with Crippen LogP contribution in [0.5, 0.6) is 11.5 Å². The van der Waals surface area contributed by atoms with E-state index in [9.17, 15) is 10.2 Å². The van der Waals surface area contributed by atoms with Gasteiger partial charge in [0.05, 0.1) is 5.60 Å². The number of phenolic OH excluding ortho intramolecular Hbond substituents is 1. The van der Waals surface area contributed by atoms with E-state index in [1.54, 1.807) is 0 Å². The highest BCUT2D eigenvalue weighted by atomic mass is 32.1. The number of benzene rings is 1. The molecule has 4 aliphatic carbocycles. The first-order valence-electron chi connectivity index (χ1n) is 11.8. The summed E-state index contributed by atoms with van der Waals surface area (Å²) in [6.07, 6.45) is 6.57. The number of aromatic hydroxyl groups is 1. The molecule has 0 aromatic heterocycles. The molecule has 1 saturated heterocycles. The molecule has 0 unspecified atom stereocenters.